The molecule has 0 heterocycles. The zero-order valence-corrected chi connectivity index (χ0v) is 16.0. The molecule has 2 rings (SSSR count). The average Bonchev–Trinajstić information content (AvgIpc) is 2.70. The van der Waals surface area contributed by atoms with E-state index in [1.807, 2.05) is 4.83 Å². The standard InChI is InChI=1S/C17H20N2O7S/c1-23-12-5-7-13(8-6-12)27(21,22)19-18-17(20)11-9-14(24-2)16(26-4)15(10-11)25-3/h5-10,19H,1-4H3,(H,18,20). The number of sulfonamides is 1. The Labute approximate surface area is 157 Å². The van der Waals surface area contributed by atoms with Crippen LogP contribution in [0.25, 0.3) is 0 Å². The van der Waals surface area contributed by atoms with Crippen LogP contribution in [-0.4, -0.2) is 42.8 Å². The van der Waals surface area contributed by atoms with Gasteiger partial charge >= 0.3 is 0 Å². The molecule has 27 heavy (non-hydrogen) atoms. The lowest BCUT2D eigenvalue weighted by atomic mass is 10.1. The highest BCUT2D eigenvalue weighted by atomic mass is 32.2. The van der Waals surface area contributed by atoms with Crippen molar-refractivity contribution in [1.29, 1.82) is 0 Å². The van der Waals surface area contributed by atoms with Gasteiger partial charge in [0, 0.05) is 5.56 Å². The Balaban J connectivity index is 2.19. The minimum absolute atomic E-state index is 0.0338. The van der Waals surface area contributed by atoms with Crippen molar-refractivity contribution in [2.45, 2.75) is 4.90 Å². The van der Waals surface area contributed by atoms with E-state index in [1.54, 1.807) is 0 Å². The van der Waals surface area contributed by atoms with Crippen LogP contribution in [0.2, 0.25) is 0 Å². The van der Waals surface area contributed by atoms with Crippen molar-refractivity contribution in [2.75, 3.05) is 28.4 Å². The third-order valence-corrected chi connectivity index (χ3v) is 4.86. The van der Waals surface area contributed by atoms with E-state index in [9.17, 15) is 13.2 Å². The lowest BCUT2D eigenvalue weighted by Gasteiger charge is -2.14. The number of benzene rings is 2. The van der Waals surface area contributed by atoms with Crippen molar-refractivity contribution in [3.63, 3.8) is 0 Å². The minimum atomic E-state index is -3.96. The van der Waals surface area contributed by atoms with E-state index >= 15 is 0 Å². The Morgan fingerprint density at radius 3 is 1.85 bits per heavy atom. The third-order valence-electron chi connectivity index (χ3n) is 3.60. The Hall–Kier alpha value is -2.98. The van der Waals surface area contributed by atoms with Gasteiger partial charge in [0.05, 0.1) is 33.3 Å². The van der Waals surface area contributed by atoms with Crippen LogP contribution in [0.4, 0.5) is 0 Å². The molecule has 1 amide bonds. The van der Waals surface area contributed by atoms with Gasteiger partial charge in [0.1, 0.15) is 5.75 Å². The molecule has 9 nitrogen and oxygen atoms in total. The molecular weight excluding hydrogens is 376 g/mol. The van der Waals surface area contributed by atoms with Crippen LogP contribution in [0, 0.1) is 0 Å². The fourth-order valence-electron chi connectivity index (χ4n) is 2.21. The molecule has 0 spiro atoms. The molecule has 2 N–H and O–H groups in total. The van der Waals surface area contributed by atoms with E-state index in [4.69, 9.17) is 18.9 Å². The van der Waals surface area contributed by atoms with Crippen LogP contribution < -0.4 is 29.2 Å². The molecule has 0 fully saturated rings. The fourth-order valence-corrected chi connectivity index (χ4v) is 3.05. The van der Waals surface area contributed by atoms with Crippen molar-refractivity contribution in [1.82, 2.24) is 10.3 Å². The summed E-state index contributed by atoms with van der Waals surface area (Å²) in [4.78, 5) is 14.3. The maximum atomic E-state index is 12.3. The largest absolute Gasteiger partial charge is 0.497 e. The molecule has 0 unspecified atom stereocenters. The first-order valence-corrected chi connectivity index (χ1v) is 9.10. The first kappa shape index (κ1) is 20.3. The maximum absolute atomic E-state index is 12.3. The van der Waals surface area contributed by atoms with E-state index in [0.717, 1.165) is 0 Å². The molecule has 0 aliphatic heterocycles. The monoisotopic (exact) mass is 396 g/mol. The molecule has 0 atom stereocenters. The zero-order chi connectivity index (χ0) is 20.0. The second-order valence-corrected chi connectivity index (χ2v) is 6.83. The van der Waals surface area contributed by atoms with Crippen LogP contribution in [-0.2, 0) is 10.0 Å². The number of nitrogens with one attached hydrogen (secondary N) is 2. The summed E-state index contributed by atoms with van der Waals surface area (Å²) in [6.45, 7) is 0. The van der Waals surface area contributed by atoms with Crippen LogP contribution in [0.15, 0.2) is 41.3 Å². The van der Waals surface area contributed by atoms with Crippen LogP contribution in [0.3, 0.4) is 0 Å². The van der Waals surface area contributed by atoms with E-state index in [-0.39, 0.29) is 22.0 Å². The van der Waals surface area contributed by atoms with Crippen molar-refractivity contribution >= 4 is 15.9 Å². The number of carbonyl (C=O) groups is 1. The highest BCUT2D eigenvalue weighted by Crippen LogP contribution is 2.38. The predicted molar refractivity (Wildman–Crippen MR) is 96.9 cm³/mol. The summed E-state index contributed by atoms with van der Waals surface area (Å²) in [5.74, 6) is 0.650. The quantitative estimate of drug-likeness (QED) is 0.648. The molecule has 146 valence electrons. The summed E-state index contributed by atoms with van der Waals surface area (Å²) in [7, 11) is 1.76. The van der Waals surface area contributed by atoms with E-state index in [2.05, 4.69) is 5.43 Å². The summed E-state index contributed by atoms with van der Waals surface area (Å²) >= 11 is 0. The van der Waals surface area contributed by atoms with Crippen molar-refractivity contribution in [2.24, 2.45) is 0 Å². The molecule has 0 saturated carbocycles. The average molecular weight is 396 g/mol. The number of carbonyl (C=O) groups excluding carboxylic acids is 1. The summed E-state index contributed by atoms with van der Waals surface area (Å²) in [5.41, 5.74) is 2.26. The van der Waals surface area contributed by atoms with Gasteiger partial charge in [-0.15, -0.1) is 4.83 Å². The molecule has 0 aliphatic rings. The molecular formula is C17H20N2O7S. The second-order valence-electron chi connectivity index (χ2n) is 5.15. The number of hydrazine groups is 1. The number of rotatable bonds is 8. The van der Waals surface area contributed by atoms with E-state index in [1.165, 1.54) is 64.8 Å². The number of amides is 1. The minimum Gasteiger partial charge on any atom is -0.497 e. The molecule has 0 aliphatic carbocycles. The number of hydrogen-bond acceptors (Lipinski definition) is 7. The highest BCUT2D eigenvalue weighted by Gasteiger charge is 2.19. The fraction of sp³-hybridized carbons (Fsp3) is 0.235. The van der Waals surface area contributed by atoms with Gasteiger partial charge in [0.25, 0.3) is 15.9 Å². The topological polar surface area (TPSA) is 112 Å². The molecule has 0 aromatic heterocycles. The highest BCUT2D eigenvalue weighted by molar-refractivity contribution is 7.89. The van der Waals surface area contributed by atoms with Crippen LogP contribution in [0.1, 0.15) is 10.4 Å². The Bertz CT molecular complexity index is 886. The lowest BCUT2D eigenvalue weighted by Crippen LogP contribution is -2.41. The molecule has 2 aromatic carbocycles. The first-order valence-electron chi connectivity index (χ1n) is 7.62. The normalized spacial score (nSPS) is 10.8. The van der Waals surface area contributed by atoms with Gasteiger partial charge in [-0.25, -0.2) is 8.42 Å². The van der Waals surface area contributed by atoms with Gasteiger partial charge in [-0.2, -0.15) is 0 Å². The van der Waals surface area contributed by atoms with Crippen LogP contribution >= 0.6 is 0 Å². The Kier molecular flexibility index (Phi) is 6.48. The van der Waals surface area contributed by atoms with Crippen molar-refractivity contribution < 1.29 is 32.2 Å². The van der Waals surface area contributed by atoms with Gasteiger partial charge in [0.2, 0.25) is 5.75 Å². The molecule has 0 saturated heterocycles. The molecule has 0 radical (unpaired) electrons. The van der Waals surface area contributed by atoms with E-state index in [0.29, 0.717) is 11.5 Å². The van der Waals surface area contributed by atoms with Crippen molar-refractivity contribution in [3.05, 3.63) is 42.0 Å². The third kappa shape index (κ3) is 4.60. The van der Waals surface area contributed by atoms with Gasteiger partial charge < -0.3 is 18.9 Å². The van der Waals surface area contributed by atoms with Gasteiger partial charge in [-0.1, -0.05) is 0 Å². The smallest absolute Gasteiger partial charge is 0.266 e. The first-order chi connectivity index (χ1) is 12.9. The maximum Gasteiger partial charge on any atom is 0.266 e. The zero-order valence-electron chi connectivity index (χ0n) is 15.2. The summed E-state index contributed by atoms with van der Waals surface area (Å²) < 4.78 is 45.1. The van der Waals surface area contributed by atoms with Gasteiger partial charge in [-0.3, -0.25) is 10.2 Å². The number of ether oxygens (including phenoxy) is 4. The molecule has 2 aromatic rings. The van der Waals surface area contributed by atoms with Gasteiger partial charge in [0.15, 0.2) is 11.5 Å². The Morgan fingerprint density at radius 1 is 0.852 bits per heavy atom. The number of hydrogen-bond donors (Lipinski definition) is 2. The van der Waals surface area contributed by atoms with Crippen molar-refractivity contribution in [3.8, 4) is 23.0 Å². The van der Waals surface area contributed by atoms with E-state index < -0.39 is 15.9 Å². The Morgan fingerprint density at radius 2 is 1.41 bits per heavy atom. The molecule has 0 bridgehead atoms. The SMILES string of the molecule is COc1ccc(S(=O)(=O)NNC(=O)c2cc(OC)c(OC)c(OC)c2)cc1. The second kappa shape index (κ2) is 8.60. The summed E-state index contributed by atoms with van der Waals surface area (Å²) in [6.07, 6.45) is 0. The summed E-state index contributed by atoms with van der Waals surface area (Å²) in [5, 5.41) is 0. The summed E-state index contributed by atoms with van der Waals surface area (Å²) in [6, 6.07) is 8.50. The lowest BCUT2D eigenvalue weighted by molar-refractivity contribution is 0.0944. The van der Waals surface area contributed by atoms with Gasteiger partial charge in [-0.05, 0) is 36.4 Å². The number of methoxy groups -OCH3 is 4. The van der Waals surface area contributed by atoms with Crippen LogP contribution in [0.5, 0.6) is 23.0 Å². The predicted octanol–water partition coefficient (Wildman–Crippen LogP) is 1.34. The molecule has 10 heteroatoms.